The summed E-state index contributed by atoms with van der Waals surface area (Å²) in [5.74, 6) is 0.0588. The first kappa shape index (κ1) is 13.7. The van der Waals surface area contributed by atoms with E-state index in [2.05, 4.69) is 26.0 Å². The lowest BCUT2D eigenvalue weighted by atomic mass is 10.1. The third-order valence-electron chi connectivity index (χ3n) is 1.96. The summed E-state index contributed by atoms with van der Waals surface area (Å²) in [7, 11) is 2.81. The summed E-state index contributed by atoms with van der Waals surface area (Å²) in [6.45, 7) is 0. The molecule has 5 nitrogen and oxygen atoms in total. The number of nitrogens with one attached hydrogen (secondary N) is 1. The number of anilines is 1. The van der Waals surface area contributed by atoms with Gasteiger partial charge in [-0.2, -0.15) is 0 Å². The molecule has 0 saturated heterocycles. The van der Waals surface area contributed by atoms with Gasteiger partial charge in [-0.15, -0.1) is 0 Å². The van der Waals surface area contributed by atoms with Crippen molar-refractivity contribution < 1.29 is 14.3 Å². The number of nitrogens with two attached hydrogens (primary N) is 1. The summed E-state index contributed by atoms with van der Waals surface area (Å²) >= 11 is 8.01. The van der Waals surface area contributed by atoms with Crippen LogP contribution in [0.25, 0.3) is 0 Å². The van der Waals surface area contributed by atoms with Crippen molar-refractivity contribution in [3.63, 3.8) is 0 Å². The van der Waals surface area contributed by atoms with Crippen molar-refractivity contribution in [2.75, 3.05) is 19.5 Å². The van der Waals surface area contributed by atoms with Crippen molar-refractivity contribution in [2.45, 2.75) is 0 Å². The molecule has 1 rings (SSSR count). The van der Waals surface area contributed by atoms with Crippen LogP contribution >= 0.6 is 28.1 Å². The normalized spacial score (nSPS) is 9.59. The first-order chi connectivity index (χ1) is 7.99. The molecular weight excluding hydrogens is 308 g/mol. The maximum Gasteiger partial charge on any atom is 0.340 e. The quantitative estimate of drug-likeness (QED) is 0.655. The Balaban J connectivity index is 3.30. The minimum Gasteiger partial charge on any atom is -0.495 e. The second-order valence-corrected chi connectivity index (χ2v) is 4.31. The molecule has 0 aromatic heterocycles. The molecule has 92 valence electrons. The predicted molar refractivity (Wildman–Crippen MR) is 72.4 cm³/mol. The number of carbonyl (C=O) groups excluding carboxylic acids is 1. The molecule has 0 saturated carbocycles. The zero-order valence-corrected chi connectivity index (χ0v) is 11.6. The Morgan fingerprint density at radius 2 is 2.12 bits per heavy atom. The SMILES string of the molecule is COC(=O)c1cc(Br)c(OC)cc1NC(N)=S. The highest BCUT2D eigenvalue weighted by atomic mass is 79.9. The molecule has 3 N–H and O–H groups in total. The predicted octanol–water partition coefficient (Wildman–Crippen LogP) is 1.90. The van der Waals surface area contributed by atoms with Gasteiger partial charge in [-0.05, 0) is 34.2 Å². The molecule has 7 heteroatoms. The third kappa shape index (κ3) is 3.31. The van der Waals surface area contributed by atoms with E-state index in [0.717, 1.165) is 0 Å². The fraction of sp³-hybridized carbons (Fsp3) is 0.200. The molecule has 1 aromatic carbocycles. The number of halogens is 1. The van der Waals surface area contributed by atoms with Crippen LogP contribution < -0.4 is 15.8 Å². The summed E-state index contributed by atoms with van der Waals surface area (Å²) in [4.78, 5) is 11.6. The van der Waals surface area contributed by atoms with Crippen LogP contribution in [0.4, 0.5) is 5.69 Å². The lowest BCUT2D eigenvalue weighted by Crippen LogP contribution is -2.21. The van der Waals surface area contributed by atoms with Gasteiger partial charge in [-0.25, -0.2) is 4.79 Å². The largest absolute Gasteiger partial charge is 0.495 e. The Hall–Kier alpha value is -1.34. The molecule has 0 aliphatic carbocycles. The van der Waals surface area contributed by atoms with Gasteiger partial charge in [-0.3, -0.25) is 0 Å². The van der Waals surface area contributed by atoms with E-state index >= 15 is 0 Å². The molecule has 17 heavy (non-hydrogen) atoms. The van der Waals surface area contributed by atoms with Crippen LogP contribution in [0.1, 0.15) is 10.4 Å². The summed E-state index contributed by atoms with van der Waals surface area (Å²) < 4.78 is 10.4. The molecule has 0 radical (unpaired) electrons. The summed E-state index contributed by atoms with van der Waals surface area (Å²) in [6, 6.07) is 3.18. The molecule has 0 bridgehead atoms. The Bertz CT molecular complexity index is 465. The molecule has 0 aliphatic rings. The highest BCUT2D eigenvalue weighted by molar-refractivity contribution is 9.10. The number of carbonyl (C=O) groups is 1. The second-order valence-electron chi connectivity index (χ2n) is 3.01. The van der Waals surface area contributed by atoms with Crippen LogP contribution in [0.2, 0.25) is 0 Å². The van der Waals surface area contributed by atoms with Crippen LogP contribution in [0, 0.1) is 0 Å². The van der Waals surface area contributed by atoms with Gasteiger partial charge in [0.25, 0.3) is 0 Å². The lowest BCUT2D eigenvalue weighted by Gasteiger charge is -2.12. The lowest BCUT2D eigenvalue weighted by molar-refractivity contribution is 0.0602. The standard InChI is InChI=1S/C10H11BrN2O3S/c1-15-8-4-7(13-10(12)17)5(3-6(8)11)9(14)16-2/h3-4H,1-2H3,(H3,12,13,17). The number of hydrogen-bond donors (Lipinski definition) is 2. The number of ether oxygens (including phenoxy) is 2. The Kier molecular flexibility index (Phi) is 4.71. The molecule has 0 heterocycles. The third-order valence-corrected chi connectivity index (χ3v) is 2.68. The first-order valence-corrected chi connectivity index (χ1v) is 5.72. The van der Waals surface area contributed by atoms with E-state index in [1.165, 1.54) is 14.2 Å². The van der Waals surface area contributed by atoms with Gasteiger partial charge < -0.3 is 20.5 Å². The Morgan fingerprint density at radius 1 is 1.47 bits per heavy atom. The topological polar surface area (TPSA) is 73.6 Å². The van der Waals surface area contributed by atoms with E-state index in [4.69, 9.17) is 22.7 Å². The van der Waals surface area contributed by atoms with Gasteiger partial charge >= 0.3 is 5.97 Å². The van der Waals surface area contributed by atoms with E-state index in [1.807, 2.05) is 0 Å². The van der Waals surface area contributed by atoms with Crippen LogP contribution in [-0.4, -0.2) is 25.3 Å². The van der Waals surface area contributed by atoms with Crippen LogP contribution in [-0.2, 0) is 4.74 Å². The zero-order valence-electron chi connectivity index (χ0n) is 9.24. The monoisotopic (exact) mass is 318 g/mol. The van der Waals surface area contributed by atoms with E-state index in [1.54, 1.807) is 12.1 Å². The van der Waals surface area contributed by atoms with Gasteiger partial charge in [0.05, 0.1) is 29.9 Å². The fourth-order valence-electron chi connectivity index (χ4n) is 1.22. The molecule has 0 unspecified atom stereocenters. The first-order valence-electron chi connectivity index (χ1n) is 4.52. The van der Waals surface area contributed by atoms with Crippen molar-refractivity contribution >= 4 is 44.9 Å². The minimum atomic E-state index is -0.493. The highest BCUT2D eigenvalue weighted by Gasteiger charge is 2.16. The van der Waals surface area contributed by atoms with E-state index in [9.17, 15) is 4.79 Å². The molecule has 0 fully saturated rings. The fourth-order valence-corrected chi connectivity index (χ4v) is 1.84. The highest BCUT2D eigenvalue weighted by Crippen LogP contribution is 2.31. The van der Waals surface area contributed by atoms with Gasteiger partial charge in [0.2, 0.25) is 0 Å². The van der Waals surface area contributed by atoms with Gasteiger partial charge in [0.1, 0.15) is 5.75 Å². The van der Waals surface area contributed by atoms with Crippen LogP contribution in [0.15, 0.2) is 16.6 Å². The maximum absolute atomic E-state index is 11.6. The maximum atomic E-state index is 11.6. The molecule has 0 amide bonds. The van der Waals surface area contributed by atoms with Gasteiger partial charge in [0, 0.05) is 6.07 Å². The Labute approximate surface area is 112 Å². The number of methoxy groups -OCH3 is 2. The number of benzene rings is 1. The average molecular weight is 319 g/mol. The van der Waals surface area contributed by atoms with Crippen LogP contribution in [0.3, 0.4) is 0 Å². The molecule has 0 aliphatic heterocycles. The number of thiocarbonyl (C=S) groups is 1. The van der Waals surface area contributed by atoms with Gasteiger partial charge in [-0.1, -0.05) is 0 Å². The number of hydrogen-bond acceptors (Lipinski definition) is 4. The number of rotatable bonds is 3. The molecular formula is C10H11BrN2O3S. The summed E-state index contributed by atoms with van der Waals surface area (Å²) in [5.41, 5.74) is 6.13. The van der Waals surface area contributed by atoms with Crippen molar-refractivity contribution in [3.05, 3.63) is 22.2 Å². The molecule has 0 atom stereocenters. The minimum absolute atomic E-state index is 0.0551. The molecule has 1 aromatic rings. The van der Waals surface area contributed by atoms with Crippen molar-refractivity contribution in [2.24, 2.45) is 5.73 Å². The van der Waals surface area contributed by atoms with Crippen LogP contribution in [0.5, 0.6) is 5.75 Å². The Morgan fingerprint density at radius 3 is 2.59 bits per heavy atom. The summed E-state index contributed by atoms with van der Waals surface area (Å²) in [5, 5.41) is 2.75. The van der Waals surface area contributed by atoms with Gasteiger partial charge in [0.15, 0.2) is 5.11 Å². The van der Waals surface area contributed by atoms with Crippen molar-refractivity contribution in [3.8, 4) is 5.75 Å². The van der Waals surface area contributed by atoms with E-state index < -0.39 is 5.97 Å². The van der Waals surface area contributed by atoms with Crippen molar-refractivity contribution in [1.82, 2.24) is 0 Å². The smallest absolute Gasteiger partial charge is 0.340 e. The second kappa shape index (κ2) is 5.83. The molecule has 0 spiro atoms. The van der Waals surface area contributed by atoms with Crippen molar-refractivity contribution in [1.29, 1.82) is 0 Å². The van der Waals surface area contributed by atoms with E-state index in [0.29, 0.717) is 21.5 Å². The zero-order chi connectivity index (χ0) is 13.0. The summed E-state index contributed by atoms with van der Waals surface area (Å²) in [6.07, 6.45) is 0. The van der Waals surface area contributed by atoms with E-state index in [-0.39, 0.29) is 5.11 Å². The number of esters is 1. The average Bonchev–Trinajstić information content (AvgIpc) is 2.29.